The zero-order valence-electron chi connectivity index (χ0n) is 20.9. The molecule has 35 heavy (non-hydrogen) atoms. The van der Waals surface area contributed by atoms with Gasteiger partial charge in [-0.3, -0.25) is 4.79 Å². The molecule has 1 saturated carbocycles. The van der Waals surface area contributed by atoms with Crippen molar-refractivity contribution in [2.24, 2.45) is 21.2 Å². The number of nitrogens with one attached hydrogen (secondary N) is 1. The van der Waals surface area contributed by atoms with Crippen molar-refractivity contribution in [3.8, 4) is 5.75 Å². The first-order valence-corrected chi connectivity index (χ1v) is 11.9. The molecular formula is C29H32N4O2. The van der Waals surface area contributed by atoms with Crippen molar-refractivity contribution >= 4 is 23.5 Å². The van der Waals surface area contributed by atoms with Crippen LogP contribution in [0.15, 0.2) is 76.0 Å². The first-order chi connectivity index (χ1) is 16.6. The Labute approximate surface area is 206 Å². The van der Waals surface area contributed by atoms with Gasteiger partial charge in [-0.15, -0.1) is 0 Å². The molecule has 1 aliphatic carbocycles. The summed E-state index contributed by atoms with van der Waals surface area (Å²) >= 11 is 0. The van der Waals surface area contributed by atoms with Crippen LogP contribution in [-0.4, -0.2) is 17.2 Å². The fourth-order valence-corrected chi connectivity index (χ4v) is 3.94. The minimum atomic E-state index is -0.115. The minimum Gasteiger partial charge on any atom is -0.507 e. The fourth-order valence-electron chi connectivity index (χ4n) is 3.94. The molecule has 3 aromatic carbocycles. The average molecular weight is 469 g/mol. The number of phenolic OH excluding ortho intramolecular Hbond substituents is 1. The van der Waals surface area contributed by atoms with E-state index in [4.69, 9.17) is 0 Å². The van der Waals surface area contributed by atoms with Gasteiger partial charge in [0.25, 0.3) is 0 Å². The van der Waals surface area contributed by atoms with Gasteiger partial charge in [0.1, 0.15) is 5.75 Å². The SMILES string of the molecule is Cc1ccc(N=Nc2ccc(O)c(/C=N\NC(=O)C3CC3c3ccc(C(C)(C)C)cc3)c2)cc1C. The second kappa shape index (κ2) is 9.82. The number of carbonyl (C=O) groups is 1. The standard InChI is InChI=1S/C29H32N4O2/c1-18-6-11-23(14-19(18)2)31-32-24-12-13-27(34)21(15-24)17-30-33-28(35)26-16-25(26)20-7-9-22(10-8-20)29(3,4)5/h6-15,17,25-26,34H,16H2,1-5H3,(H,33,35)/b30-17-,32-31?. The lowest BCUT2D eigenvalue weighted by atomic mass is 9.86. The molecule has 6 heteroatoms. The Hall–Kier alpha value is -3.80. The van der Waals surface area contributed by atoms with Gasteiger partial charge in [0.05, 0.1) is 17.6 Å². The molecule has 0 heterocycles. The molecule has 6 nitrogen and oxygen atoms in total. The van der Waals surface area contributed by atoms with E-state index in [-0.39, 0.29) is 28.9 Å². The highest BCUT2D eigenvalue weighted by Crippen LogP contribution is 2.47. The van der Waals surface area contributed by atoms with E-state index in [9.17, 15) is 9.90 Å². The third kappa shape index (κ3) is 6.01. The molecule has 2 atom stereocenters. The highest BCUT2D eigenvalue weighted by atomic mass is 16.3. The smallest absolute Gasteiger partial charge is 0.243 e. The zero-order chi connectivity index (χ0) is 25.2. The maximum atomic E-state index is 12.5. The molecule has 0 spiro atoms. The lowest BCUT2D eigenvalue weighted by molar-refractivity contribution is -0.122. The van der Waals surface area contributed by atoms with Gasteiger partial charge in [-0.2, -0.15) is 15.3 Å². The summed E-state index contributed by atoms with van der Waals surface area (Å²) in [4.78, 5) is 12.5. The van der Waals surface area contributed by atoms with Crippen LogP contribution in [-0.2, 0) is 10.2 Å². The molecule has 0 aliphatic heterocycles. The summed E-state index contributed by atoms with van der Waals surface area (Å²) in [7, 11) is 0. The van der Waals surface area contributed by atoms with Crippen LogP contribution in [0, 0.1) is 19.8 Å². The quantitative estimate of drug-likeness (QED) is 0.232. The van der Waals surface area contributed by atoms with Crippen LogP contribution in [0.25, 0.3) is 0 Å². The number of aromatic hydroxyl groups is 1. The van der Waals surface area contributed by atoms with Crippen LogP contribution in [0.2, 0.25) is 0 Å². The highest BCUT2D eigenvalue weighted by molar-refractivity contribution is 5.87. The van der Waals surface area contributed by atoms with Gasteiger partial charge in [-0.1, -0.05) is 51.1 Å². The summed E-state index contributed by atoms with van der Waals surface area (Å²) in [5.41, 5.74) is 9.32. The van der Waals surface area contributed by atoms with E-state index in [1.54, 1.807) is 12.1 Å². The molecule has 1 aliphatic rings. The monoisotopic (exact) mass is 468 g/mol. The molecule has 4 rings (SSSR count). The molecule has 2 unspecified atom stereocenters. The van der Waals surface area contributed by atoms with Crippen LogP contribution in [0.5, 0.6) is 5.75 Å². The first kappa shape index (κ1) is 24.3. The van der Waals surface area contributed by atoms with Crippen molar-refractivity contribution in [2.45, 2.75) is 52.4 Å². The Balaban J connectivity index is 1.35. The molecule has 3 aromatic rings. The number of carbonyl (C=O) groups excluding carboxylic acids is 1. The molecule has 0 saturated heterocycles. The summed E-state index contributed by atoms with van der Waals surface area (Å²) in [5, 5.41) is 22.8. The number of hydrogen-bond acceptors (Lipinski definition) is 5. The van der Waals surface area contributed by atoms with Gasteiger partial charge in [-0.25, -0.2) is 5.43 Å². The Bertz CT molecular complexity index is 1290. The van der Waals surface area contributed by atoms with E-state index < -0.39 is 0 Å². The van der Waals surface area contributed by atoms with Crippen molar-refractivity contribution in [3.63, 3.8) is 0 Å². The van der Waals surface area contributed by atoms with Crippen molar-refractivity contribution in [1.29, 1.82) is 0 Å². The Morgan fingerprint density at radius 1 is 0.943 bits per heavy atom. The predicted molar refractivity (Wildman–Crippen MR) is 140 cm³/mol. The molecule has 2 N–H and O–H groups in total. The average Bonchev–Trinajstić information content (AvgIpc) is 3.62. The number of azo groups is 1. The van der Waals surface area contributed by atoms with Gasteiger partial charge >= 0.3 is 0 Å². The maximum absolute atomic E-state index is 12.5. The zero-order valence-corrected chi connectivity index (χ0v) is 20.9. The molecule has 1 amide bonds. The van der Waals surface area contributed by atoms with Crippen molar-refractivity contribution in [2.75, 3.05) is 0 Å². The van der Waals surface area contributed by atoms with E-state index >= 15 is 0 Å². The molecule has 0 aromatic heterocycles. The lowest BCUT2D eigenvalue weighted by Gasteiger charge is -2.19. The number of benzene rings is 3. The van der Waals surface area contributed by atoms with Crippen LogP contribution in [0.4, 0.5) is 11.4 Å². The summed E-state index contributed by atoms with van der Waals surface area (Å²) in [6, 6.07) is 19.3. The van der Waals surface area contributed by atoms with E-state index in [0.717, 1.165) is 17.7 Å². The molecule has 0 bridgehead atoms. The Morgan fingerprint density at radius 3 is 2.26 bits per heavy atom. The van der Waals surface area contributed by atoms with Gasteiger partial charge in [-0.05, 0) is 84.2 Å². The Kier molecular flexibility index (Phi) is 6.83. The molecule has 0 radical (unpaired) electrons. The normalized spacial score (nSPS) is 17.7. The van der Waals surface area contributed by atoms with Gasteiger partial charge in [0.2, 0.25) is 5.91 Å². The predicted octanol–water partition coefficient (Wildman–Crippen LogP) is 6.98. The van der Waals surface area contributed by atoms with Crippen LogP contribution in [0.1, 0.15) is 60.9 Å². The van der Waals surface area contributed by atoms with E-state index in [1.165, 1.54) is 29.0 Å². The second-order valence-electron chi connectivity index (χ2n) is 10.3. The third-order valence-corrected chi connectivity index (χ3v) is 6.49. The number of amides is 1. The number of nitrogens with zero attached hydrogens (tertiary/aromatic N) is 3. The number of rotatable bonds is 6. The minimum absolute atomic E-state index is 0.0522. The van der Waals surface area contributed by atoms with Gasteiger partial charge in [0, 0.05) is 11.5 Å². The van der Waals surface area contributed by atoms with E-state index in [0.29, 0.717) is 11.3 Å². The van der Waals surface area contributed by atoms with Crippen LogP contribution < -0.4 is 5.43 Å². The lowest BCUT2D eigenvalue weighted by Crippen LogP contribution is -2.20. The second-order valence-corrected chi connectivity index (χ2v) is 10.3. The van der Waals surface area contributed by atoms with Gasteiger partial charge < -0.3 is 5.11 Å². The summed E-state index contributed by atoms with van der Waals surface area (Å²) in [5.74, 6) is 0.0775. The van der Waals surface area contributed by atoms with Crippen LogP contribution in [0.3, 0.4) is 0 Å². The topological polar surface area (TPSA) is 86.4 Å². The maximum Gasteiger partial charge on any atom is 0.243 e. The largest absolute Gasteiger partial charge is 0.507 e. The third-order valence-electron chi connectivity index (χ3n) is 6.49. The highest BCUT2D eigenvalue weighted by Gasteiger charge is 2.44. The van der Waals surface area contributed by atoms with Crippen molar-refractivity contribution < 1.29 is 9.90 Å². The summed E-state index contributed by atoms with van der Waals surface area (Å²) in [6.07, 6.45) is 2.24. The van der Waals surface area contributed by atoms with Crippen molar-refractivity contribution in [1.82, 2.24) is 5.43 Å². The molecule has 180 valence electrons. The van der Waals surface area contributed by atoms with Crippen molar-refractivity contribution in [3.05, 3.63) is 88.5 Å². The number of hydrogen-bond donors (Lipinski definition) is 2. The number of aryl methyl sites for hydroxylation is 2. The Morgan fingerprint density at radius 2 is 1.60 bits per heavy atom. The molecular weight excluding hydrogens is 436 g/mol. The first-order valence-electron chi connectivity index (χ1n) is 11.9. The summed E-state index contributed by atoms with van der Waals surface area (Å²) in [6.45, 7) is 10.6. The van der Waals surface area contributed by atoms with E-state index in [1.807, 2.05) is 32.0 Å². The van der Waals surface area contributed by atoms with E-state index in [2.05, 4.69) is 65.8 Å². The number of hydrazone groups is 1. The van der Waals surface area contributed by atoms with Gasteiger partial charge in [0.15, 0.2) is 0 Å². The number of phenols is 1. The van der Waals surface area contributed by atoms with Crippen LogP contribution >= 0.6 is 0 Å². The summed E-state index contributed by atoms with van der Waals surface area (Å²) < 4.78 is 0. The molecule has 1 fully saturated rings. The fraction of sp³-hybridized carbons (Fsp3) is 0.310.